The van der Waals surface area contributed by atoms with Crippen molar-refractivity contribution in [1.29, 1.82) is 0 Å². The third-order valence-electron chi connectivity index (χ3n) is 9.53. The standard InChI is InChI=1S/C32H44N2OS/c1-29(2)22-34(16-15-27(29)33)28(35)31(4)18-24-17-30(3,23-36-26-13-9-6-10-14-26)20-32(19-24,21-31)25-11-7-5-8-12-25/h5-14,24,27H,15-23,33H2,1-4H3. The van der Waals surface area contributed by atoms with Crippen molar-refractivity contribution in [1.82, 2.24) is 4.90 Å². The van der Waals surface area contributed by atoms with Crippen molar-refractivity contribution in [3.8, 4) is 0 Å². The van der Waals surface area contributed by atoms with E-state index >= 15 is 0 Å². The zero-order valence-corrected chi connectivity index (χ0v) is 23.4. The molecule has 2 aromatic carbocycles. The Morgan fingerprint density at radius 1 is 0.944 bits per heavy atom. The zero-order chi connectivity index (χ0) is 25.6. The summed E-state index contributed by atoms with van der Waals surface area (Å²) in [6, 6.07) is 22.1. The quantitative estimate of drug-likeness (QED) is 0.450. The number of carbonyl (C=O) groups excluding carboxylic acids is 1. The molecular formula is C32H44N2OS. The number of amides is 1. The van der Waals surface area contributed by atoms with Crippen LogP contribution in [0.1, 0.15) is 71.8 Å². The first-order valence-corrected chi connectivity index (χ1v) is 14.8. The van der Waals surface area contributed by atoms with E-state index < -0.39 is 0 Å². The number of piperidine rings is 1. The van der Waals surface area contributed by atoms with Crippen molar-refractivity contribution in [2.24, 2.45) is 27.9 Å². The van der Waals surface area contributed by atoms with Gasteiger partial charge in [-0.1, -0.05) is 76.2 Å². The highest BCUT2D eigenvalue weighted by Crippen LogP contribution is 2.62. The van der Waals surface area contributed by atoms with Crippen LogP contribution in [0.15, 0.2) is 65.6 Å². The van der Waals surface area contributed by atoms with Gasteiger partial charge in [-0.2, -0.15) is 0 Å². The summed E-state index contributed by atoms with van der Waals surface area (Å²) in [6.45, 7) is 10.8. The second kappa shape index (κ2) is 9.51. The van der Waals surface area contributed by atoms with Crippen LogP contribution in [0, 0.1) is 22.2 Å². The fourth-order valence-electron chi connectivity index (χ4n) is 8.11. The van der Waals surface area contributed by atoms with E-state index in [-0.39, 0.29) is 27.7 Å². The van der Waals surface area contributed by atoms with Crippen molar-refractivity contribution in [3.05, 3.63) is 66.2 Å². The van der Waals surface area contributed by atoms with E-state index in [0.717, 1.165) is 44.5 Å². The van der Waals surface area contributed by atoms with Crippen molar-refractivity contribution >= 4 is 17.7 Å². The molecule has 5 atom stereocenters. The average molecular weight is 505 g/mol. The molecule has 1 amide bonds. The van der Waals surface area contributed by atoms with Gasteiger partial charge in [0.05, 0.1) is 0 Å². The topological polar surface area (TPSA) is 46.3 Å². The summed E-state index contributed by atoms with van der Waals surface area (Å²) in [5.74, 6) is 2.07. The largest absolute Gasteiger partial charge is 0.342 e. The van der Waals surface area contributed by atoms with Gasteiger partial charge in [-0.25, -0.2) is 0 Å². The second-order valence-corrected chi connectivity index (χ2v) is 14.6. The van der Waals surface area contributed by atoms with Gasteiger partial charge in [-0.15, -0.1) is 11.8 Å². The van der Waals surface area contributed by atoms with E-state index in [1.54, 1.807) is 0 Å². The Morgan fingerprint density at radius 3 is 2.28 bits per heavy atom. The number of hydrogen-bond acceptors (Lipinski definition) is 3. The molecule has 1 heterocycles. The van der Waals surface area contributed by atoms with Gasteiger partial charge in [-0.3, -0.25) is 4.79 Å². The summed E-state index contributed by atoms with van der Waals surface area (Å²) in [5, 5.41) is 0. The van der Waals surface area contributed by atoms with Crippen LogP contribution in [0.3, 0.4) is 0 Å². The van der Waals surface area contributed by atoms with E-state index in [4.69, 9.17) is 5.73 Å². The fourth-order valence-corrected chi connectivity index (χ4v) is 9.19. The number of carbonyl (C=O) groups is 1. The smallest absolute Gasteiger partial charge is 0.228 e. The molecule has 3 aliphatic rings. The molecule has 3 nitrogen and oxygen atoms in total. The van der Waals surface area contributed by atoms with Crippen LogP contribution in [0.4, 0.5) is 0 Å². The van der Waals surface area contributed by atoms with Gasteiger partial charge in [0.15, 0.2) is 0 Å². The van der Waals surface area contributed by atoms with E-state index in [0.29, 0.717) is 11.8 Å². The maximum atomic E-state index is 14.2. The predicted octanol–water partition coefficient (Wildman–Crippen LogP) is 6.91. The van der Waals surface area contributed by atoms with Gasteiger partial charge in [0.2, 0.25) is 5.91 Å². The molecule has 1 aliphatic heterocycles. The Labute approximate surface area is 222 Å². The first-order valence-electron chi connectivity index (χ1n) is 13.8. The van der Waals surface area contributed by atoms with Gasteiger partial charge in [0, 0.05) is 35.2 Å². The Hall–Kier alpha value is -1.78. The van der Waals surface area contributed by atoms with Crippen molar-refractivity contribution in [3.63, 3.8) is 0 Å². The highest BCUT2D eigenvalue weighted by Gasteiger charge is 2.57. The lowest BCUT2D eigenvalue weighted by molar-refractivity contribution is -0.152. The van der Waals surface area contributed by atoms with Crippen LogP contribution in [0.2, 0.25) is 0 Å². The number of nitrogens with two attached hydrogens (primary N) is 1. The summed E-state index contributed by atoms with van der Waals surface area (Å²) in [6.07, 6.45) is 6.43. The molecule has 2 aliphatic carbocycles. The number of thioether (sulfide) groups is 1. The fraction of sp³-hybridized carbons (Fsp3) is 0.594. The summed E-state index contributed by atoms with van der Waals surface area (Å²) in [7, 11) is 0. The van der Waals surface area contributed by atoms with E-state index in [1.807, 2.05) is 11.8 Å². The van der Waals surface area contributed by atoms with Crippen molar-refractivity contribution in [2.45, 2.75) is 82.6 Å². The molecule has 1 saturated heterocycles. The number of likely N-dealkylation sites (tertiary alicyclic amines) is 1. The monoisotopic (exact) mass is 504 g/mol. The van der Waals surface area contributed by atoms with Gasteiger partial charge in [0.25, 0.3) is 0 Å². The summed E-state index contributed by atoms with van der Waals surface area (Å²) >= 11 is 2.00. The van der Waals surface area contributed by atoms with E-state index in [9.17, 15) is 4.79 Å². The van der Waals surface area contributed by atoms with Crippen LogP contribution in [-0.4, -0.2) is 35.7 Å². The lowest BCUT2D eigenvalue weighted by Crippen LogP contribution is -2.59. The molecule has 5 rings (SSSR count). The van der Waals surface area contributed by atoms with Crippen molar-refractivity contribution < 1.29 is 4.79 Å². The van der Waals surface area contributed by atoms with E-state index in [2.05, 4.69) is 93.3 Å². The third-order valence-corrected chi connectivity index (χ3v) is 11.0. The molecule has 2 aromatic rings. The number of hydrogen-bond donors (Lipinski definition) is 1. The molecular weight excluding hydrogens is 460 g/mol. The predicted molar refractivity (Wildman–Crippen MR) is 151 cm³/mol. The first-order chi connectivity index (χ1) is 17.0. The lowest BCUT2D eigenvalue weighted by atomic mass is 9.47. The van der Waals surface area contributed by atoms with Gasteiger partial charge in [0.1, 0.15) is 0 Å². The maximum absolute atomic E-state index is 14.2. The molecule has 5 unspecified atom stereocenters. The number of fused-ring (bicyclic) bond motifs is 2. The SMILES string of the molecule is CC1(CSc2ccccc2)CC2CC(C)(C(=O)N3CCC(N)C(C)(C)C3)CC(c3ccccc3)(C2)C1. The molecule has 0 radical (unpaired) electrons. The molecule has 2 saturated carbocycles. The molecule has 194 valence electrons. The Balaban J connectivity index is 1.43. The Bertz CT molecular complexity index is 1070. The minimum atomic E-state index is -0.315. The molecule has 0 spiro atoms. The lowest BCUT2D eigenvalue weighted by Gasteiger charge is -2.58. The van der Waals surface area contributed by atoms with Crippen molar-refractivity contribution in [2.75, 3.05) is 18.8 Å². The summed E-state index contributed by atoms with van der Waals surface area (Å²) < 4.78 is 0. The number of nitrogens with zero attached hydrogens (tertiary/aromatic N) is 1. The molecule has 4 heteroatoms. The molecule has 0 aromatic heterocycles. The summed E-state index contributed by atoms with van der Waals surface area (Å²) in [4.78, 5) is 17.7. The molecule has 2 bridgehead atoms. The minimum Gasteiger partial charge on any atom is -0.342 e. The molecule has 3 fully saturated rings. The van der Waals surface area contributed by atoms with Crippen LogP contribution >= 0.6 is 11.8 Å². The molecule has 36 heavy (non-hydrogen) atoms. The van der Waals surface area contributed by atoms with Crippen LogP contribution in [-0.2, 0) is 10.2 Å². The number of benzene rings is 2. The third kappa shape index (κ3) is 5.00. The Kier molecular flexibility index (Phi) is 6.83. The molecule has 2 N–H and O–H groups in total. The first kappa shape index (κ1) is 25.9. The number of rotatable bonds is 5. The van der Waals surface area contributed by atoms with E-state index in [1.165, 1.54) is 23.3 Å². The highest BCUT2D eigenvalue weighted by atomic mass is 32.2. The maximum Gasteiger partial charge on any atom is 0.228 e. The van der Waals surface area contributed by atoms with Crippen LogP contribution < -0.4 is 5.73 Å². The average Bonchev–Trinajstić information content (AvgIpc) is 2.84. The van der Waals surface area contributed by atoms with Crippen LogP contribution in [0.5, 0.6) is 0 Å². The van der Waals surface area contributed by atoms with Gasteiger partial charge in [-0.05, 0) is 78.4 Å². The zero-order valence-electron chi connectivity index (χ0n) is 22.6. The normalized spacial score (nSPS) is 35.9. The Morgan fingerprint density at radius 2 is 1.61 bits per heavy atom. The highest BCUT2D eigenvalue weighted by molar-refractivity contribution is 7.99. The second-order valence-electron chi connectivity index (χ2n) is 13.6. The van der Waals surface area contributed by atoms with Gasteiger partial charge >= 0.3 is 0 Å². The van der Waals surface area contributed by atoms with Gasteiger partial charge < -0.3 is 10.6 Å². The minimum absolute atomic E-state index is 0.0286. The summed E-state index contributed by atoms with van der Waals surface area (Å²) in [5.41, 5.74) is 7.82. The van der Waals surface area contributed by atoms with Crippen LogP contribution in [0.25, 0.3) is 0 Å².